The normalized spacial score (nSPS) is 44.1. The van der Waals surface area contributed by atoms with E-state index in [9.17, 15) is 14.7 Å². The van der Waals surface area contributed by atoms with Crippen molar-refractivity contribution >= 4 is 22.8 Å². The van der Waals surface area contributed by atoms with Gasteiger partial charge in [-0.3, -0.25) is 9.69 Å². The fraction of sp³-hybridized carbons (Fsp3) is 0.727. The lowest BCUT2D eigenvalue weighted by Crippen LogP contribution is -2.63. The summed E-state index contributed by atoms with van der Waals surface area (Å²) in [4.78, 5) is 35.5. The summed E-state index contributed by atoms with van der Waals surface area (Å²) >= 11 is 0. The van der Waals surface area contributed by atoms with Crippen LogP contribution in [0, 0.1) is 35.0 Å². The van der Waals surface area contributed by atoms with Gasteiger partial charge < -0.3 is 14.6 Å². The first-order chi connectivity index (χ1) is 19.2. The molecule has 7 heteroatoms. The molecule has 3 saturated heterocycles. The second-order valence-electron chi connectivity index (χ2n) is 14.9. The Morgan fingerprint density at radius 3 is 2.38 bits per heavy atom. The predicted octanol–water partition coefficient (Wildman–Crippen LogP) is 5.32. The van der Waals surface area contributed by atoms with Gasteiger partial charge in [-0.1, -0.05) is 32.9 Å². The number of para-hydroxylation sites is 2. The summed E-state index contributed by atoms with van der Waals surface area (Å²) in [5.74, 6) is 3.43. The quantitative estimate of drug-likeness (QED) is 0.561. The molecule has 1 aromatic carbocycles. The van der Waals surface area contributed by atoms with Gasteiger partial charge in [0.05, 0.1) is 11.0 Å². The Balaban J connectivity index is 1.17. The minimum absolute atomic E-state index is 0.105. The smallest absolute Gasteiger partial charge is 0.326 e. The Morgan fingerprint density at radius 2 is 1.68 bits per heavy atom. The number of carbonyl (C=O) groups is 1. The summed E-state index contributed by atoms with van der Waals surface area (Å²) in [6.07, 6.45) is 10.9. The molecule has 7 nitrogen and oxygen atoms in total. The van der Waals surface area contributed by atoms with Gasteiger partial charge in [-0.2, -0.15) is 0 Å². The van der Waals surface area contributed by atoms with Gasteiger partial charge in [0.2, 0.25) is 0 Å². The maximum absolute atomic E-state index is 14.2. The van der Waals surface area contributed by atoms with Crippen molar-refractivity contribution in [3.63, 3.8) is 0 Å². The predicted molar refractivity (Wildman–Crippen MR) is 155 cm³/mol. The number of anilines is 1. The first-order valence-corrected chi connectivity index (χ1v) is 16.0. The number of piperidine rings is 2. The molecule has 0 spiro atoms. The van der Waals surface area contributed by atoms with Crippen molar-refractivity contribution in [3.05, 3.63) is 34.6 Å². The van der Waals surface area contributed by atoms with Crippen molar-refractivity contribution in [2.45, 2.75) is 109 Å². The number of aromatic nitrogens is 2. The van der Waals surface area contributed by atoms with E-state index in [1.165, 1.54) is 38.5 Å². The molecule has 214 valence electrons. The number of carboxylic acids is 1. The minimum Gasteiger partial charge on any atom is -0.480 e. The zero-order valence-corrected chi connectivity index (χ0v) is 24.2. The molecule has 0 radical (unpaired) electrons. The third kappa shape index (κ3) is 3.48. The highest BCUT2D eigenvalue weighted by atomic mass is 16.4. The van der Waals surface area contributed by atoms with Crippen LogP contribution in [-0.4, -0.2) is 56.2 Å². The minimum atomic E-state index is -0.874. The van der Waals surface area contributed by atoms with E-state index in [1.807, 2.05) is 28.8 Å². The largest absolute Gasteiger partial charge is 0.480 e. The van der Waals surface area contributed by atoms with Crippen LogP contribution in [0.25, 0.3) is 11.0 Å². The van der Waals surface area contributed by atoms with E-state index in [-0.39, 0.29) is 11.6 Å². The highest BCUT2D eigenvalue weighted by molar-refractivity contribution is 5.81. The van der Waals surface area contributed by atoms with Gasteiger partial charge in [-0.25, -0.2) is 9.78 Å². The van der Waals surface area contributed by atoms with E-state index in [4.69, 9.17) is 4.98 Å². The maximum Gasteiger partial charge on any atom is 0.326 e. The highest BCUT2D eigenvalue weighted by Crippen LogP contribution is 2.67. The number of aliphatic carboxylic acids is 1. The zero-order chi connectivity index (χ0) is 27.5. The first kappa shape index (κ1) is 25.3. The molecular formula is C33H44N4O3. The summed E-state index contributed by atoms with van der Waals surface area (Å²) in [6, 6.07) is 9.07. The van der Waals surface area contributed by atoms with Gasteiger partial charge >= 0.3 is 5.97 Å². The van der Waals surface area contributed by atoms with Gasteiger partial charge in [0.25, 0.3) is 5.56 Å². The molecule has 6 aliphatic rings. The fourth-order valence-corrected chi connectivity index (χ4v) is 10.9. The van der Waals surface area contributed by atoms with Crippen LogP contribution in [0.15, 0.2) is 29.1 Å². The van der Waals surface area contributed by atoms with Crippen molar-refractivity contribution in [2.75, 3.05) is 11.4 Å². The Kier molecular flexibility index (Phi) is 5.57. The van der Waals surface area contributed by atoms with Crippen LogP contribution in [0.5, 0.6) is 0 Å². The monoisotopic (exact) mass is 544 g/mol. The molecule has 6 fully saturated rings. The number of hydrogen-bond donors (Lipinski definition) is 1. The van der Waals surface area contributed by atoms with Crippen molar-refractivity contribution in [1.82, 2.24) is 14.5 Å². The summed E-state index contributed by atoms with van der Waals surface area (Å²) in [5, 5.41) is 9.72. The van der Waals surface area contributed by atoms with Crippen LogP contribution in [0.3, 0.4) is 0 Å². The standard InChI is InChI=1S/C33H44N4O3/c1-18-10-19(2)29-16-24(15-28(18)36(29)23-12-20-11-21-13-22(14-23)33(21,3)17-20)37-26-7-5-4-6-25(26)34-30(31(37)38)35-9-8-27(35)32(39)40/h4-7,18-24,27-29H,8-17H2,1-3H3,(H,39,40). The van der Waals surface area contributed by atoms with E-state index in [0.29, 0.717) is 54.2 Å². The first-order valence-electron chi connectivity index (χ1n) is 16.0. The lowest BCUT2D eigenvalue weighted by Gasteiger charge is -2.59. The van der Waals surface area contributed by atoms with Crippen molar-refractivity contribution in [2.24, 2.45) is 35.0 Å². The lowest BCUT2D eigenvalue weighted by atomic mass is 9.54. The van der Waals surface area contributed by atoms with Crippen molar-refractivity contribution in [1.29, 1.82) is 0 Å². The molecule has 4 bridgehead atoms. The fourth-order valence-electron chi connectivity index (χ4n) is 10.9. The number of carboxylic acid groups (broad SMARTS) is 1. The van der Waals surface area contributed by atoms with E-state index < -0.39 is 12.0 Å². The molecule has 10 atom stereocenters. The molecule has 10 unspecified atom stereocenters. The summed E-state index contributed by atoms with van der Waals surface area (Å²) in [5.41, 5.74) is 2.17. The molecular weight excluding hydrogens is 500 g/mol. The summed E-state index contributed by atoms with van der Waals surface area (Å²) < 4.78 is 2.03. The van der Waals surface area contributed by atoms with Crippen LogP contribution < -0.4 is 10.5 Å². The number of rotatable bonds is 4. The Bertz CT molecular complexity index is 1400. The van der Waals surface area contributed by atoms with Gasteiger partial charge in [0, 0.05) is 30.7 Å². The van der Waals surface area contributed by atoms with E-state index in [1.54, 1.807) is 4.90 Å². The van der Waals surface area contributed by atoms with Crippen LogP contribution in [-0.2, 0) is 4.79 Å². The average Bonchev–Trinajstić information content (AvgIpc) is 3.06. The van der Waals surface area contributed by atoms with E-state index in [0.717, 1.165) is 41.6 Å². The molecule has 8 rings (SSSR count). The number of fused-ring (bicyclic) bond motifs is 4. The molecule has 4 heterocycles. The zero-order valence-electron chi connectivity index (χ0n) is 24.2. The lowest BCUT2D eigenvalue weighted by molar-refractivity contribution is -0.140. The Morgan fingerprint density at radius 1 is 0.950 bits per heavy atom. The van der Waals surface area contributed by atoms with Crippen LogP contribution >= 0.6 is 0 Å². The number of nitrogens with zero attached hydrogens (tertiary/aromatic N) is 4. The SMILES string of the molecule is CC1CC(C)C2CC(n3c(=O)c(N4CCC4C(=O)O)nc4ccccc43)CC1N2C1CC2CC3CC(C1)C3(C)C2. The highest BCUT2D eigenvalue weighted by Gasteiger charge is 2.60. The summed E-state index contributed by atoms with van der Waals surface area (Å²) in [6.45, 7) is 8.07. The average molecular weight is 545 g/mol. The second kappa shape index (κ2) is 8.80. The van der Waals surface area contributed by atoms with Gasteiger partial charge in [0.1, 0.15) is 6.04 Å². The van der Waals surface area contributed by atoms with Gasteiger partial charge in [-0.05, 0) is 105 Å². The molecule has 3 aliphatic heterocycles. The second-order valence-corrected chi connectivity index (χ2v) is 14.9. The number of hydrogen-bond acceptors (Lipinski definition) is 5. The molecule has 1 N–H and O–H groups in total. The Labute approximate surface area is 236 Å². The molecule has 0 amide bonds. The molecule has 1 aromatic heterocycles. The topological polar surface area (TPSA) is 78.7 Å². The van der Waals surface area contributed by atoms with Crippen LogP contribution in [0.1, 0.15) is 84.6 Å². The van der Waals surface area contributed by atoms with E-state index in [2.05, 4.69) is 25.7 Å². The van der Waals surface area contributed by atoms with Gasteiger partial charge in [-0.15, -0.1) is 0 Å². The molecule has 2 aromatic rings. The third-order valence-electron chi connectivity index (χ3n) is 12.9. The van der Waals surface area contributed by atoms with Crippen LogP contribution in [0.2, 0.25) is 0 Å². The van der Waals surface area contributed by atoms with E-state index >= 15 is 0 Å². The number of benzene rings is 1. The van der Waals surface area contributed by atoms with Crippen LogP contribution in [0.4, 0.5) is 5.82 Å². The summed E-state index contributed by atoms with van der Waals surface area (Å²) in [7, 11) is 0. The Hall–Kier alpha value is -2.41. The van der Waals surface area contributed by atoms with Crippen molar-refractivity contribution in [3.8, 4) is 0 Å². The maximum atomic E-state index is 14.2. The third-order valence-corrected chi connectivity index (χ3v) is 12.9. The van der Waals surface area contributed by atoms with Gasteiger partial charge in [0.15, 0.2) is 5.82 Å². The van der Waals surface area contributed by atoms with Crippen molar-refractivity contribution < 1.29 is 9.90 Å². The molecule has 3 saturated carbocycles. The molecule has 3 aliphatic carbocycles. The molecule has 40 heavy (non-hydrogen) atoms.